The van der Waals surface area contributed by atoms with Crippen LogP contribution in [0, 0.1) is 11.6 Å². The number of benzene rings is 2. The van der Waals surface area contributed by atoms with Crippen LogP contribution in [0.1, 0.15) is 0 Å². The van der Waals surface area contributed by atoms with E-state index in [0.29, 0.717) is 23.1 Å². The van der Waals surface area contributed by atoms with E-state index in [9.17, 15) is 8.78 Å². The quantitative estimate of drug-likeness (QED) is 0.519. The van der Waals surface area contributed by atoms with Crippen molar-refractivity contribution in [2.24, 2.45) is 0 Å². The van der Waals surface area contributed by atoms with E-state index < -0.39 is 11.6 Å². The molecule has 0 saturated heterocycles. The third kappa shape index (κ3) is 4.97. The maximum atomic E-state index is 13.5. The van der Waals surface area contributed by atoms with Crippen LogP contribution in [0.2, 0.25) is 5.02 Å². The highest BCUT2D eigenvalue weighted by Gasteiger charge is 2.08. The summed E-state index contributed by atoms with van der Waals surface area (Å²) in [5.41, 5.74) is 0. The van der Waals surface area contributed by atoms with Crippen molar-refractivity contribution in [3.63, 3.8) is 0 Å². The molecule has 22 heavy (non-hydrogen) atoms. The normalized spacial score (nSPS) is 10.2. The van der Waals surface area contributed by atoms with E-state index in [0.717, 1.165) is 15.5 Å². The highest BCUT2D eigenvalue weighted by atomic mass is 79.9. The first kappa shape index (κ1) is 17.2. The molecule has 0 N–H and O–H groups in total. The van der Waals surface area contributed by atoms with Crippen LogP contribution < -0.4 is 9.47 Å². The van der Waals surface area contributed by atoms with Gasteiger partial charge in [-0.1, -0.05) is 11.6 Å². The lowest BCUT2D eigenvalue weighted by Crippen LogP contribution is -1.95. The average molecular weight is 454 g/mol. The molecular weight excluding hydrogens is 445 g/mol. The summed E-state index contributed by atoms with van der Waals surface area (Å²) in [5, 5.41) is 0.319. The van der Waals surface area contributed by atoms with Gasteiger partial charge in [-0.2, -0.15) is 0 Å². The summed E-state index contributed by atoms with van der Waals surface area (Å²) in [6.45, 7) is 0.318. The van der Waals surface area contributed by atoms with E-state index in [1.54, 1.807) is 18.2 Å². The Kier molecular flexibility index (Phi) is 6.23. The van der Waals surface area contributed by atoms with Gasteiger partial charge in [0.05, 0.1) is 8.41 Å². The number of ether oxygens (including phenoxy) is 2. The van der Waals surface area contributed by atoms with Gasteiger partial charge in [0.25, 0.3) is 0 Å². The van der Waals surface area contributed by atoms with Crippen LogP contribution >= 0.6 is 43.5 Å². The van der Waals surface area contributed by atoms with Crippen LogP contribution in [0.25, 0.3) is 0 Å². The summed E-state index contributed by atoms with van der Waals surface area (Å²) < 4.78 is 37.9. The second kappa shape index (κ2) is 7.94. The zero-order chi connectivity index (χ0) is 16.1. The monoisotopic (exact) mass is 452 g/mol. The number of halogens is 5. The molecule has 0 saturated carbocycles. The molecule has 7 heteroatoms. The largest absolute Gasteiger partial charge is 0.488 e. The molecule has 0 amide bonds. The predicted octanol–water partition coefficient (Wildman–Crippen LogP) is 6.42. The Labute approximate surface area is 147 Å². The minimum atomic E-state index is -0.788. The molecule has 0 fully saturated rings. The van der Waals surface area contributed by atoms with Crippen molar-refractivity contribution in [2.75, 3.05) is 6.61 Å². The van der Waals surface area contributed by atoms with Crippen molar-refractivity contribution in [1.82, 2.24) is 0 Å². The highest BCUT2D eigenvalue weighted by molar-refractivity contribution is 9.28. The minimum Gasteiger partial charge on any atom is -0.488 e. The fourth-order valence-corrected chi connectivity index (χ4v) is 2.03. The van der Waals surface area contributed by atoms with Crippen molar-refractivity contribution in [3.8, 4) is 17.2 Å². The summed E-state index contributed by atoms with van der Waals surface area (Å²) in [5.74, 6) is -0.759. The Hall–Kier alpha value is -1.11. The van der Waals surface area contributed by atoms with E-state index in [-0.39, 0.29) is 5.75 Å². The van der Waals surface area contributed by atoms with Gasteiger partial charge in [-0.15, -0.1) is 0 Å². The second-order valence-corrected chi connectivity index (χ2v) is 7.25. The van der Waals surface area contributed by atoms with Gasteiger partial charge in [0.2, 0.25) is 0 Å². The molecule has 0 aliphatic carbocycles. The van der Waals surface area contributed by atoms with Crippen molar-refractivity contribution < 1.29 is 18.3 Å². The summed E-state index contributed by atoms with van der Waals surface area (Å²) in [6.07, 6.45) is 1.76. The summed E-state index contributed by atoms with van der Waals surface area (Å²) in [7, 11) is 0. The molecular formula is C15H9Br2ClF2O2. The van der Waals surface area contributed by atoms with Gasteiger partial charge in [0.15, 0.2) is 11.6 Å². The molecule has 2 rings (SSSR count). The summed E-state index contributed by atoms with van der Waals surface area (Å²) in [6, 6.07) is 7.75. The molecule has 0 unspecified atom stereocenters. The predicted molar refractivity (Wildman–Crippen MR) is 89.3 cm³/mol. The average Bonchev–Trinajstić information content (AvgIpc) is 2.44. The SMILES string of the molecule is Fc1ccc(Oc2ccc(OCC=C(Br)Br)c(Cl)c2)c(F)c1. The summed E-state index contributed by atoms with van der Waals surface area (Å²) in [4.78, 5) is 0. The van der Waals surface area contributed by atoms with Crippen LogP contribution in [-0.2, 0) is 0 Å². The molecule has 2 nitrogen and oxygen atoms in total. The van der Waals surface area contributed by atoms with E-state index in [2.05, 4.69) is 31.9 Å². The smallest absolute Gasteiger partial charge is 0.168 e. The van der Waals surface area contributed by atoms with Crippen LogP contribution in [0.15, 0.2) is 45.9 Å². The van der Waals surface area contributed by atoms with Gasteiger partial charge in [-0.25, -0.2) is 8.78 Å². The van der Waals surface area contributed by atoms with Crippen molar-refractivity contribution >= 4 is 43.5 Å². The molecule has 0 heterocycles. The summed E-state index contributed by atoms with van der Waals surface area (Å²) >= 11 is 12.5. The Morgan fingerprint density at radius 3 is 2.45 bits per heavy atom. The van der Waals surface area contributed by atoms with E-state index in [4.69, 9.17) is 21.1 Å². The molecule has 0 aliphatic heterocycles. The van der Waals surface area contributed by atoms with Crippen LogP contribution in [0.3, 0.4) is 0 Å². The lowest BCUT2D eigenvalue weighted by molar-refractivity contribution is 0.362. The number of hydrogen-bond acceptors (Lipinski definition) is 2. The maximum Gasteiger partial charge on any atom is 0.168 e. The lowest BCUT2D eigenvalue weighted by atomic mass is 10.3. The van der Waals surface area contributed by atoms with Gasteiger partial charge in [0, 0.05) is 12.1 Å². The third-order valence-corrected chi connectivity index (χ3v) is 3.44. The molecule has 2 aromatic carbocycles. The van der Waals surface area contributed by atoms with E-state index >= 15 is 0 Å². The minimum absolute atomic E-state index is 0.0858. The van der Waals surface area contributed by atoms with Gasteiger partial charge < -0.3 is 9.47 Å². The third-order valence-electron chi connectivity index (χ3n) is 2.50. The van der Waals surface area contributed by atoms with Crippen LogP contribution in [0.4, 0.5) is 8.78 Å². The molecule has 0 spiro atoms. The number of rotatable bonds is 5. The zero-order valence-corrected chi connectivity index (χ0v) is 14.9. The molecule has 0 aromatic heterocycles. The molecule has 0 atom stereocenters. The van der Waals surface area contributed by atoms with Gasteiger partial charge in [-0.3, -0.25) is 0 Å². The first-order valence-electron chi connectivity index (χ1n) is 6.02. The van der Waals surface area contributed by atoms with E-state index in [1.165, 1.54) is 12.1 Å². The molecule has 0 aliphatic rings. The van der Waals surface area contributed by atoms with Crippen molar-refractivity contribution in [1.29, 1.82) is 0 Å². The molecule has 0 bridgehead atoms. The first-order valence-corrected chi connectivity index (χ1v) is 7.98. The maximum absolute atomic E-state index is 13.5. The molecule has 116 valence electrons. The van der Waals surface area contributed by atoms with Crippen molar-refractivity contribution in [3.05, 3.63) is 62.5 Å². The Balaban J connectivity index is 2.10. The number of hydrogen-bond donors (Lipinski definition) is 0. The standard InChI is InChI=1S/C15H9Br2ClF2O2/c16-15(17)5-6-21-13-4-2-10(8-11(13)18)22-14-3-1-9(19)7-12(14)20/h1-5,7-8H,6H2. The van der Waals surface area contributed by atoms with Crippen LogP contribution in [-0.4, -0.2) is 6.61 Å². The molecule has 0 radical (unpaired) electrons. The van der Waals surface area contributed by atoms with Gasteiger partial charge >= 0.3 is 0 Å². The van der Waals surface area contributed by atoms with Crippen molar-refractivity contribution in [2.45, 2.75) is 0 Å². The second-order valence-electron chi connectivity index (χ2n) is 4.07. The fraction of sp³-hybridized carbons (Fsp3) is 0.0667. The van der Waals surface area contributed by atoms with E-state index in [1.807, 2.05) is 0 Å². The first-order chi connectivity index (χ1) is 10.5. The lowest BCUT2D eigenvalue weighted by Gasteiger charge is -2.10. The Bertz CT molecular complexity index is 704. The van der Waals surface area contributed by atoms with Crippen LogP contribution in [0.5, 0.6) is 17.2 Å². The fourth-order valence-electron chi connectivity index (χ4n) is 1.54. The Morgan fingerprint density at radius 1 is 1.09 bits per heavy atom. The Morgan fingerprint density at radius 2 is 1.82 bits per heavy atom. The topological polar surface area (TPSA) is 18.5 Å². The highest BCUT2D eigenvalue weighted by Crippen LogP contribution is 2.32. The van der Waals surface area contributed by atoms with Gasteiger partial charge in [0.1, 0.15) is 23.9 Å². The molecule has 2 aromatic rings. The zero-order valence-electron chi connectivity index (χ0n) is 11.0. The van der Waals surface area contributed by atoms with Gasteiger partial charge in [-0.05, 0) is 62.2 Å².